The summed E-state index contributed by atoms with van der Waals surface area (Å²) in [6, 6.07) is 15.6. The summed E-state index contributed by atoms with van der Waals surface area (Å²) in [7, 11) is 1.55. The molecule has 1 aliphatic heterocycles. The van der Waals surface area contributed by atoms with Crippen LogP contribution < -0.4 is 9.47 Å². The molecule has 0 aliphatic carbocycles. The van der Waals surface area contributed by atoms with Crippen molar-refractivity contribution in [2.45, 2.75) is 65.0 Å². The summed E-state index contributed by atoms with van der Waals surface area (Å²) in [5.41, 5.74) is 0.842. The number of hydrogen-bond donors (Lipinski definition) is 1. The molecule has 0 aromatic heterocycles. The standard InChI is InChI=1S/C26H34N2O6/c1-16(2)22(29)24(33-21-14-12-20(32-6)13-15-21)25(30)28-26(31)34-23(18(5)27(28)17(3)4)19-10-8-7-9-11-19/h7-18,22-24,29H,1-6H3/t18-,22+,23-,24-/m0/s1. The Labute approximate surface area is 201 Å². The fourth-order valence-corrected chi connectivity index (χ4v) is 4.10. The highest BCUT2D eigenvalue weighted by Crippen LogP contribution is 2.34. The van der Waals surface area contributed by atoms with E-state index in [0.717, 1.165) is 10.6 Å². The Kier molecular flexibility index (Phi) is 8.17. The molecule has 8 nitrogen and oxygen atoms in total. The molecule has 0 spiro atoms. The first-order chi connectivity index (χ1) is 16.1. The van der Waals surface area contributed by atoms with E-state index in [2.05, 4.69) is 0 Å². The molecule has 1 fully saturated rings. The molecule has 8 heteroatoms. The van der Waals surface area contributed by atoms with E-state index in [0.29, 0.717) is 11.5 Å². The minimum atomic E-state index is -1.32. The molecule has 1 N–H and O–H groups in total. The number of benzene rings is 2. The summed E-state index contributed by atoms with van der Waals surface area (Å²) in [5, 5.41) is 13.6. The van der Waals surface area contributed by atoms with Gasteiger partial charge in [0.15, 0.2) is 0 Å². The van der Waals surface area contributed by atoms with Crippen molar-refractivity contribution in [3.63, 3.8) is 0 Å². The van der Waals surface area contributed by atoms with Gasteiger partial charge in [0.25, 0.3) is 5.91 Å². The summed E-state index contributed by atoms with van der Waals surface area (Å²) < 4.78 is 16.9. The average molecular weight is 471 g/mol. The monoisotopic (exact) mass is 470 g/mol. The lowest BCUT2D eigenvalue weighted by Gasteiger charge is -2.47. The van der Waals surface area contributed by atoms with Crippen molar-refractivity contribution in [2.75, 3.05) is 7.11 Å². The lowest BCUT2D eigenvalue weighted by molar-refractivity contribution is -0.186. The highest BCUT2D eigenvalue weighted by Gasteiger charge is 2.48. The van der Waals surface area contributed by atoms with Crippen molar-refractivity contribution in [1.29, 1.82) is 0 Å². The molecule has 1 aliphatic rings. The number of aliphatic hydroxyl groups excluding tert-OH is 1. The Morgan fingerprint density at radius 1 is 1.00 bits per heavy atom. The minimum absolute atomic E-state index is 0.198. The number of cyclic esters (lactones) is 1. The second kappa shape index (κ2) is 10.9. The van der Waals surface area contributed by atoms with Crippen LogP contribution in [-0.4, -0.2) is 58.5 Å². The van der Waals surface area contributed by atoms with Gasteiger partial charge in [-0.1, -0.05) is 44.2 Å². The predicted molar refractivity (Wildman–Crippen MR) is 127 cm³/mol. The third-order valence-corrected chi connectivity index (χ3v) is 5.91. The van der Waals surface area contributed by atoms with Crippen molar-refractivity contribution in [1.82, 2.24) is 10.0 Å². The highest BCUT2D eigenvalue weighted by atomic mass is 16.6. The van der Waals surface area contributed by atoms with Crippen LogP contribution in [0.5, 0.6) is 11.5 Å². The number of ether oxygens (including phenoxy) is 3. The van der Waals surface area contributed by atoms with Gasteiger partial charge >= 0.3 is 6.09 Å². The highest BCUT2D eigenvalue weighted by molar-refractivity contribution is 5.95. The molecule has 0 unspecified atom stereocenters. The van der Waals surface area contributed by atoms with Gasteiger partial charge in [0.05, 0.1) is 13.2 Å². The van der Waals surface area contributed by atoms with Crippen LogP contribution in [0.2, 0.25) is 0 Å². The molecule has 4 atom stereocenters. The van der Waals surface area contributed by atoms with Gasteiger partial charge in [0.2, 0.25) is 6.10 Å². The molecule has 3 rings (SSSR count). The van der Waals surface area contributed by atoms with Crippen molar-refractivity contribution < 1.29 is 28.9 Å². The number of methoxy groups -OCH3 is 1. The smallest absolute Gasteiger partial charge is 0.432 e. The van der Waals surface area contributed by atoms with E-state index in [1.165, 1.54) is 0 Å². The Balaban J connectivity index is 1.93. The number of aliphatic hydroxyl groups is 1. The summed E-state index contributed by atoms with van der Waals surface area (Å²) >= 11 is 0. The fraction of sp³-hybridized carbons (Fsp3) is 0.462. The van der Waals surface area contributed by atoms with Gasteiger partial charge in [-0.25, -0.2) is 4.79 Å². The topological polar surface area (TPSA) is 88.5 Å². The van der Waals surface area contributed by atoms with E-state index in [1.54, 1.807) is 50.2 Å². The normalized spacial score (nSPS) is 20.7. The van der Waals surface area contributed by atoms with E-state index in [9.17, 15) is 14.7 Å². The maximum atomic E-state index is 13.8. The van der Waals surface area contributed by atoms with Gasteiger partial charge < -0.3 is 19.3 Å². The van der Waals surface area contributed by atoms with E-state index >= 15 is 0 Å². The molecule has 34 heavy (non-hydrogen) atoms. The largest absolute Gasteiger partial charge is 0.497 e. The van der Waals surface area contributed by atoms with Crippen LogP contribution in [0.4, 0.5) is 4.79 Å². The van der Waals surface area contributed by atoms with Crippen molar-refractivity contribution in [2.24, 2.45) is 5.92 Å². The molecule has 0 saturated carbocycles. The van der Waals surface area contributed by atoms with Crippen LogP contribution in [0.25, 0.3) is 0 Å². The molecule has 0 bridgehead atoms. The molecular weight excluding hydrogens is 436 g/mol. The minimum Gasteiger partial charge on any atom is -0.497 e. The van der Waals surface area contributed by atoms with E-state index in [1.807, 2.05) is 51.1 Å². The number of carbonyl (C=O) groups excluding carboxylic acids is 2. The van der Waals surface area contributed by atoms with E-state index in [-0.39, 0.29) is 18.0 Å². The molecule has 184 valence electrons. The zero-order valence-electron chi connectivity index (χ0n) is 20.5. The summed E-state index contributed by atoms with van der Waals surface area (Å²) in [5.74, 6) is 0.0191. The quantitative estimate of drug-likeness (QED) is 0.619. The molecule has 2 aromatic rings. The maximum absolute atomic E-state index is 13.8. The van der Waals surface area contributed by atoms with Gasteiger partial charge in [-0.2, -0.15) is 10.0 Å². The van der Waals surface area contributed by atoms with Crippen LogP contribution in [0, 0.1) is 5.92 Å². The second-order valence-electron chi connectivity index (χ2n) is 9.03. The Morgan fingerprint density at radius 2 is 1.59 bits per heavy atom. The van der Waals surface area contributed by atoms with Gasteiger partial charge in [0, 0.05) is 6.04 Å². The number of nitrogens with zero attached hydrogens (tertiary/aromatic N) is 2. The van der Waals surface area contributed by atoms with Gasteiger partial charge in [0.1, 0.15) is 23.7 Å². The number of hydrazine groups is 1. The van der Waals surface area contributed by atoms with Crippen LogP contribution in [0.3, 0.4) is 0 Å². The molecule has 2 aromatic carbocycles. The van der Waals surface area contributed by atoms with Crippen molar-refractivity contribution >= 4 is 12.0 Å². The van der Waals surface area contributed by atoms with Crippen molar-refractivity contribution in [3.05, 3.63) is 60.2 Å². The van der Waals surface area contributed by atoms with Crippen LogP contribution in [-0.2, 0) is 9.53 Å². The number of hydrogen-bond acceptors (Lipinski definition) is 7. The summed E-state index contributed by atoms with van der Waals surface area (Å²) in [4.78, 5) is 27.0. The number of carbonyl (C=O) groups is 2. The SMILES string of the molecule is COc1ccc(O[C@H](C(=O)N2C(=O)O[C@H](c3ccccc3)[C@H](C)N2C(C)C)[C@H](O)C(C)C)cc1. The third-order valence-electron chi connectivity index (χ3n) is 5.91. The van der Waals surface area contributed by atoms with Gasteiger partial charge in [-0.05, 0) is 56.5 Å². The van der Waals surface area contributed by atoms with Crippen molar-refractivity contribution in [3.8, 4) is 11.5 Å². The zero-order chi connectivity index (χ0) is 25.0. The van der Waals surface area contributed by atoms with E-state index in [4.69, 9.17) is 14.2 Å². The lowest BCUT2D eigenvalue weighted by atomic mass is 9.99. The predicted octanol–water partition coefficient (Wildman–Crippen LogP) is 4.19. The van der Waals surface area contributed by atoms with Crippen LogP contribution in [0.1, 0.15) is 46.3 Å². The molecule has 1 heterocycles. The third kappa shape index (κ3) is 5.34. The number of imide groups is 1. The Hall–Kier alpha value is -3.10. The molecule has 1 saturated heterocycles. The van der Waals surface area contributed by atoms with E-state index < -0.39 is 30.3 Å². The molecule has 2 amide bonds. The molecular formula is C26H34N2O6. The number of amides is 2. The Bertz CT molecular complexity index is 963. The summed E-state index contributed by atoms with van der Waals surface area (Å²) in [6.45, 7) is 9.27. The maximum Gasteiger partial charge on any atom is 0.432 e. The number of rotatable bonds is 8. The molecule has 0 radical (unpaired) electrons. The lowest BCUT2D eigenvalue weighted by Crippen LogP contribution is -2.65. The first-order valence-corrected chi connectivity index (χ1v) is 11.5. The van der Waals surface area contributed by atoms with Gasteiger partial charge in [-0.15, -0.1) is 0 Å². The first kappa shape index (κ1) is 25.5. The first-order valence-electron chi connectivity index (χ1n) is 11.5. The van der Waals surface area contributed by atoms with Crippen LogP contribution in [0.15, 0.2) is 54.6 Å². The van der Waals surface area contributed by atoms with Gasteiger partial charge in [-0.3, -0.25) is 4.79 Å². The Morgan fingerprint density at radius 3 is 2.12 bits per heavy atom. The average Bonchev–Trinajstić information content (AvgIpc) is 2.83. The van der Waals surface area contributed by atoms with Crippen LogP contribution >= 0.6 is 0 Å². The summed E-state index contributed by atoms with van der Waals surface area (Å²) in [6.07, 6.45) is -3.82. The fourth-order valence-electron chi connectivity index (χ4n) is 4.10. The zero-order valence-corrected chi connectivity index (χ0v) is 20.5. The second-order valence-corrected chi connectivity index (χ2v) is 9.03.